The summed E-state index contributed by atoms with van der Waals surface area (Å²) >= 11 is 0. The molecule has 1 aromatic rings. The van der Waals surface area contributed by atoms with Gasteiger partial charge in [-0.05, 0) is 37.8 Å². The average molecular weight is 326 g/mol. The third-order valence-electron chi connectivity index (χ3n) is 3.79. The fourth-order valence-electron chi connectivity index (χ4n) is 2.53. The molecule has 1 fully saturated rings. The van der Waals surface area contributed by atoms with Gasteiger partial charge in [0, 0.05) is 19.4 Å². The third-order valence-corrected chi connectivity index (χ3v) is 5.58. The molecule has 2 rings (SSSR count). The van der Waals surface area contributed by atoms with Crippen molar-refractivity contribution in [3.8, 4) is 0 Å². The minimum atomic E-state index is -3.71. The van der Waals surface area contributed by atoms with Crippen LogP contribution in [-0.2, 0) is 19.6 Å². The molecule has 0 atom stereocenters. The molecule has 22 heavy (non-hydrogen) atoms. The fraction of sp³-hybridized carbons (Fsp3) is 0.600. The Bertz CT molecular complexity index is 581. The third kappa shape index (κ3) is 4.51. The summed E-state index contributed by atoms with van der Waals surface area (Å²) in [7, 11) is -2.34. The van der Waals surface area contributed by atoms with E-state index in [1.807, 2.05) is 0 Å². The van der Waals surface area contributed by atoms with Crippen molar-refractivity contribution >= 4 is 16.0 Å². The smallest absolute Gasteiger partial charge is 0.321 e. The van der Waals surface area contributed by atoms with Crippen molar-refractivity contribution in [1.82, 2.24) is 9.29 Å². The van der Waals surface area contributed by atoms with Crippen LogP contribution in [0.4, 0.5) is 0 Å². The first-order valence-electron chi connectivity index (χ1n) is 7.56. The number of aromatic nitrogens is 1. The summed E-state index contributed by atoms with van der Waals surface area (Å²) in [6.07, 6.45) is 8.87. The lowest BCUT2D eigenvalue weighted by Gasteiger charge is -2.19. The Kier molecular flexibility index (Phi) is 5.90. The molecule has 0 saturated heterocycles. The van der Waals surface area contributed by atoms with E-state index in [1.54, 1.807) is 6.07 Å². The zero-order valence-corrected chi connectivity index (χ0v) is 13.6. The van der Waals surface area contributed by atoms with Crippen LogP contribution < -0.4 is 0 Å². The van der Waals surface area contributed by atoms with E-state index in [-0.39, 0.29) is 17.5 Å². The summed E-state index contributed by atoms with van der Waals surface area (Å²) < 4.78 is 31.0. The molecule has 0 spiro atoms. The quantitative estimate of drug-likeness (QED) is 0.611. The molecule has 7 heteroatoms. The number of esters is 1. The number of nitrogens with zero attached hydrogens (tertiary/aromatic N) is 2. The summed E-state index contributed by atoms with van der Waals surface area (Å²) in [5, 5.41) is 0. The number of pyridine rings is 1. The van der Waals surface area contributed by atoms with Crippen molar-refractivity contribution in [1.29, 1.82) is 0 Å². The summed E-state index contributed by atoms with van der Waals surface area (Å²) in [5.41, 5.74) is 0. The van der Waals surface area contributed by atoms with Crippen LogP contribution in [0, 0.1) is 0 Å². The normalized spacial score (nSPS) is 17.2. The van der Waals surface area contributed by atoms with Gasteiger partial charge in [-0.1, -0.05) is 12.8 Å². The van der Waals surface area contributed by atoms with Crippen LogP contribution in [0.1, 0.15) is 38.5 Å². The Balaban J connectivity index is 1.93. The Morgan fingerprint density at radius 2 is 2.00 bits per heavy atom. The summed E-state index contributed by atoms with van der Waals surface area (Å²) in [5.74, 6) is -0.498. The van der Waals surface area contributed by atoms with Gasteiger partial charge in [0.2, 0.25) is 10.0 Å². The Hall–Kier alpha value is -1.47. The van der Waals surface area contributed by atoms with E-state index < -0.39 is 16.0 Å². The van der Waals surface area contributed by atoms with Crippen molar-refractivity contribution in [3.63, 3.8) is 0 Å². The predicted octanol–water partition coefficient (Wildman–Crippen LogP) is 1.97. The van der Waals surface area contributed by atoms with E-state index in [0.717, 1.165) is 30.0 Å². The van der Waals surface area contributed by atoms with E-state index in [1.165, 1.54) is 38.3 Å². The van der Waals surface area contributed by atoms with Gasteiger partial charge in [-0.2, -0.15) is 4.31 Å². The maximum Gasteiger partial charge on any atom is 0.321 e. The van der Waals surface area contributed by atoms with Crippen LogP contribution in [0.15, 0.2) is 29.4 Å². The highest BCUT2D eigenvalue weighted by molar-refractivity contribution is 7.89. The van der Waals surface area contributed by atoms with E-state index in [2.05, 4.69) is 4.98 Å². The minimum absolute atomic E-state index is 0.0692. The van der Waals surface area contributed by atoms with Crippen molar-refractivity contribution in [2.24, 2.45) is 0 Å². The molecular formula is C15H22N2O4S. The van der Waals surface area contributed by atoms with E-state index in [0.29, 0.717) is 0 Å². The molecule has 0 N–H and O–H groups in total. The number of rotatable bonds is 5. The summed E-state index contributed by atoms with van der Waals surface area (Å²) in [4.78, 5) is 15.8. The maximum atomic E-state index is 12.3. The monoisotopic (exact) mass is 326 g/mol. The average Bonchev–Trinajstić information content (AvgIpc) is 2.76. The predicted molar refractivity (Wildman–Crippen MR) is 81.6 cm³/mol. The van der Waals surface area contributed by atoms with Gasteiger partial charge in [0.15, 0.2) is 0 Å². The molecular weight excluding hydrogens is 304 g/mol. The molecule has 1 heterocycles. The lowest BCUT2D eigenvalue weighted by Crippen LogP contribution is -2.34. The highest BCUT2D eigenvalue weighted by Gasteiger charge is 2.25. The first-order valence-corrected chi connectivity index (χ1v) is 9.00. The molecule has 0 unspecified atom stereocenters. The Morgan fingerprint density at radius 1 is 1.32 bits per heavy atom. The summed E-state index contributed by atoms with van der Waals surface area (Å²) in [6.45, 7) is -0.284. The zero-order chi connectivity index (χ0) is 16.0. The minimum Gasteiger partial charge on any atom is -0.461 e. The van der Waals surface area contributed by atoms with Crippen LogP contribution in [0.2, 0.25) is 0 Å². The van der Waals surface area contributed by atoms with E-state index in [9.17, 15) is 13.2 Å². The number of sulfonamides is 1. The van der Waals surface area contributed by atoms with Gasteiger partial charge in [-0.3, -0.25) is 9.78 Å². The Morgan fingerprint density at radius 3 is 2.59 bits per heavy atom. The molecule has 1 aliphatic carbocycles. The van der Waals surface area contributed by atoms with Crippen molar-refractivity contribution in [3.05, 3.63) is 24.5 Å². The van der Waals surface area contributed by atoms with Crippen molar-refractivity contribution < 1.29 is 17.9 Å². The number of ether oxygens (including phenoxy) is 1. The first-order chi connectivity index (χ1) is 10.5. The van der Waals surface area contributed by atoms with E-state index in [4.69, 9.17) is 4.74 Å². The van der Waals surface area contributed by atoms with Crippen LogP contribution in [0.3, 0.4) is 0 Å². The van der Waals surface area contributed by atoms with Gasteiger partial charge in [-0.15, -0.1) is 0 Å². The van der Waals surface area contributed by atoms with Crippen molar-refractivity contribution in [2.75, 3.05) is 13.6 Å². The summed E-state index contributed by atoms with van der Waals surface area (Å²) in [6, 6.07) is 3.00. The van der Waals surface area contributed by atoms with Gasteiger partial charge in [0.1, 0.15) is 17.5 Å². The highest BCUT2D eigenvalue weighted by Crippen LogP contribution is 2.20. The van der Waals surface area contributed by atoms with Gasteiger partial charge in [-0.25, -0.2) is 8.42 Å². The van der Waals surface area contributed by atoms with Crippen LogP contribution in [-0.4, -0.2) is 43.4 Å². The van der Waals surface area contributed by atoms with Crippen molar-refractivity contribution in [2.45, 2.75) is 49.5 Å². The van der Waals surface area contributed by atoms with Crippen LogP contribution >= 0.6 is 0 Å². The number of hydrogen-bond acceptors (Lipinski definition) is 5. The van der Waals surface area contributed by atoms with Gasteiger partial charge < -0.3 is 4.74 Å². The molecule has 1 aromatic heterocycles. The Labute approximate surface area is 131 Å². The molecule has 122 valence electrons. The number of carbonyl (C=O) groups excluding carboxylic acids is 1. The molecule has 0 amide bonds. The molecule has 0 radical (unpaired) electrons. The largest absolute Gasteiger partial charge is 0.461 e. The molecule has 0 bridgehead atoms. The van der Waals surface area contributed by atoms with Gasteiger partial charge in [0.05, 0.1) is 0 Å². The molecule has 1 aliphatic rings. The topological polar surface area (TPSA) is 76.6 Å². The molecule has 0 aliphatic heterocycles. The zero-order valence-electron chi connectivity index (χ0n) is 12.8. The highest BCUT2D eigenvalue weighted by atomic mass is 32.2. The van der Waals surface area contributed by atoms with Crippen LogP contribution in [0.5, 0.6) is 0 Å². The van der Waals surface area contributed by atoms with Crippen LogP contribution in [0.25, 0.3) is 0 Å². The fourth-order valence-corrected chi connectivity index (χ4v) is 3.61. The molecule has 1 saturated carbocycles. The standard InChI is InChI=1S/C15H22N2O4S/c1-17(22(19,20)14-9-6-10-16-11-14)12-15(18)21-13-7-4-2-3-5-8-13/h6,9-11,13H,2-5,7-8,12H2,1H3. The molecule has 6 nitrogen and oxygen atoms in total. The SMILES string of the molecule is CN(CC(=O)OC1CCCCCC1)S(=O)(=O)c1cccnc1. The maximum absolute atomic E-state index is 12.3. The van der Waals surface area contributed by atoms with Gasteiger partial charge in [0.25, 0.3) is 0 Å². The first kappa shape index (κ1) is 16.9. The second-order valence-electron chi connectivity index (χ2n) is 5.55. The van der Waals surface area contributed by atoms with E-state index >= 15 is 0 Å². The second-order valence-corrected chi connectivity index (χ2v) is 7.60. The lowest BCUT2D eigenvalue weighted by molar-refractivity contribution is -0.149. The number of hydrogen-bond donors (Lipinski definition) is 0. The molecule has 0 aromatic carbocycles. The number of likely N-dealkylation sites (N-methyl/N-ethyl adjacent to an activating group) is 1. The number of carbonyl (C=O) groups is 1. The van der Waals surface area contributed by atoms with Gasteiger partial charge >= 0.3 is 5.97 Å². The second kappa shape index (κ2) is 7.69. The lowest BCUT2D eigenvalue weighted by atomic mass is 10.1.